The molecule has 0 aromatic heterocycles. The first-order valence-electron chi connectivity index (χ1n) is 13.0. The Balaban J connectivity index is 1.69. The molecule has 0 spiro atoms. The molecule has 2 aromatic carbocycles. The maximum atomic E-state index is 13.7. The van der Waals surface area contributed by atoms with Gasteiger partial charge in [0, 0.05) is 42.0 Å². The van der Waals surface area contributed by atoms with E-state index in [1.807, 2.05) is 0 Å². The third kappa shape index (κ3) is 4.55. The highest BCUT2D eigenvalue weighted by Gasteiger charge is 2.49. The lowest BCUT2D eigenvalue weighted by Crippen LogP contribution is -2.52. The van der Waals surface area contributed by atoms with Crippen LogP contribution in [0.1, 0.15) is 75.8 Å². The zero-order valence-electron chi connectivity index (χ0n) is 22.6. The first kappa shape index (κ1) is 28.6. The van der Waals surface area contributed by atoms with E-state index in [2.05, 4.69) is 10.5 Å². The van der Waals surface area contributed by atoms with Gasteiger partial charge < -0.3 is 40.4 Å². The fourth-order valence-electron chi connectivity index (χ4n) is 5.89. The van der Waals surface area contributed by atoms with Crippen LogP contribution in [0.4, 0.5) is 0 Å². The molecule has 7 N–H and O–H groups in total. The molecule has 0 radical (unpaired) electrons. The summed E-state index contributed by atoms with van der Waals surface area (Å²) in [6.45, 7) is 3.07. The van der Waals surface area contributed by atoms with Crippen LogP contribution in [0.25, 0.3) is 0 Å². The van der Waals surface area contributed by atoms with Crippen molar-refractivity contribution < 1.29 is 49.0 Å². The lowest BCUT2D eigenvalue weighted by atomic mass is 9.72. The summed E-state index contributed by atoms with van der Waals surface area (Å²) in [6.07, 6.45) is -4.04. The van der Waals surface area contributed by atoms with Crippen LogP contribution in [-0.4, -0.2) is 81.4 Å². The van der Waals surface area contributed by atoms with Crippen LogP contribution in [0.15, 0.2) is 23.3 Å². The van der Waals surface area contributed by atoms with Crippen molar-refractivity contribution in [2.24, 2.45) is 10.8 Å². The Morgan fingerprint density at radius 1 is 1.20 bits per heavy atom. The van der Waals surface area contributed by atoms with Crippen LogP contribution < -0.4 is 15.9 Å². The number of nitrogens with one attached hydrogen (secondary N) is 1. The Kier molecular flexibility index (Phi) is 7.34. The molecule has 0 unspecified atom stereocenters. The van der Waals surface area contributed by atoms with Crippen molar-refractivity contribution in [1.29, 1.82) is 0 Å². The van der Waals surface area contributed by atoms with Gasteiger partial charge in [0.1, 0.15) is 22.8 Å². The number of carbonyl (C=O) groups is 3. The van der Waals surface area contributed by atoms with E-state index in [9.17, 15) is 34.8 Å². The number of methoxy groups -OCH3 is 1. The highest BCUT2D eigenvalue weighted by Crippen LogP contribution is 2.52. The molecule has 13 nitrogen and oxygen atoms in total. The van der Waals surface area contributed by atoms with E-state index in [0.29, 0.717) is 6.41 Å². The molecule has 5 rings (SSSR count). The number of phenols is 2. The maximum absolute atomic E-state index is 13.7. The van der Waals surface area contributed by atoms with E-state index in [1.54, 1.807) is 6.92 Å². The van der Waals surface area contributed by atoms with Gasteiger partial charge in [-0.2, -0.15) is 5.10 Å². The molecule has 41 heavy (non-hydrogen) atoms. The fourth-order valence-corrected chi connectivity index (χ4v) is 5.89. The minimum Gasteiger partial charge on any atom is -0.507 e. The number of hydrogen-bond acceptors (Lipinski definition) is 12. The van der Waals surface area contributed by atoms with Gasteiger partial charge in [-0.05, 0) is 19.9 Å². The van der Waals surface area contributed by atoms with Crippen molar-refractivity contribution in [1.82, 2.24) is 5.43 Å². The quantitative estimate of drug-likeness (QED) is 0.105. The number of aromatic hydroxyl groups is 2. The van der Waals surface area contributed by atoms with E-state index in [1.165, 1.54) is 32.2 Å². The number of ether oxygens (including phenoxy) is 3. The van der Waals surface area contributed by atoms with Crippen molar-refractivity contribution in [2.75, 3.05) is 7.11 Å². The second-order valence-electron chi connectivity index (χ2n) is 10.5. The second kappa shape index (κ2) is 10.5. The first-order valence-corrected chi connectivity index (χ1v) is 13.0. The van der Waals surface area contributed by atoms with E-state index < -0.39 is 70.4 Å². The highest BCUT2D eigenvalue weighted by atomic mass is 16.7. The van der Waals surface area contributed by atoms with Gasteiger partial charge in [-0.3, -0.25) is 14.4 Å². The summed E-state index contributed by atoms with van der Waals surface area (Å²) in [5.74, 6) is -2.52. The molecule has 1 heterocycles. The molecule has 1 amide bonds. The zero-order chi connectivity index (χ0) is 29.8. The summed E-state index contributed by atoms with van der Waals surface area (Å²) in [5, 5.41) is 48.9. The smallest absolute Gasteiger partial charge is 0.227 e. The molecule has 218 valence electrons. The number of rotatable bonds is 6. The van der Waals surface area contributed by atoms with E-state index in [0.717, 1.165) is 0 Å². The van der Waals surface area contributed by atoms with Gasteiger partial charge in [0.15, 0.2) is 12.1 Å². The predicted octanol–water partition coefficient (Wildman–Crippen LogP) is 0.562. The van der Waals surface area contributed by atoms with Gasteiger partial charge in [-0.1, -0.05) is 12.1 Å². The second-order valence-corrected chi connectivity index (χ2v) is 10.5. The Morgan fingerprint density at radius 2 is 1.90 bits per heavy atom. The Bertz CT molecular complexity index is 1460. The number of hydrogen-bond donors (Lipinski definition) is 6. The number of carbonyl (C=O) groups excluding carboxylic acids is 3. The van der Waals surface area contributed by atoms with Gasteiger partial charge >= 0.3 is 0 Å². The van der Waals surface area contributed by atoms with Crippen LogP contribution in [0.2, 0.25) is 0 Å². The van der Waals surface area contributed by atoms with E-state index in [4.69, 9.17) is 19.9 Å². The Labute approximate surface area is 234 Å². The molecular formula is C28H31N3O10. The molecule has 0 saturated carbocycles. The molecule has 2 aliphatic carbocycles. The normalized spacial score (nSPS) is 29.3. The van der Waals surface area contributed by atoms with Crippen molar-refractivity contribution in [3.05, 3.63) is 51.6 Å². The minimum atomic E-state index is -1.82. The molecule has 1 saturated heterocycles. The van der Waals surface area contributed by atoms with Gasteiger partial charge in [0.05, 0.1) is 47.8 Å². The Hall–Kier alpha value is -3.88. The molecule has 3 aliphatic rings. The first-order chi connectivity index (χ1) is 19.4. The average Bonchev–Trinajstić information content (AvgIpc) is 2.94. The van der Waals surface area contributed by atoms with Crippen molar-refractivity contribution in [3.63, 3.8) is 0 Å². The van der Waals surface area contributed by atoms with Gasteiger partial charge in [-0.15, -0.1) is 0 Å². The number of amides is 1. The highest BCUT2D eigenvalue weighted by molar-refractivity contribution is 6.31. The molecular weight excluding hydrogens is 538 g/mol. The number of hydrazone groups is 1. The maximum Gasteiger partial charge on any atom is 0.227 e. The zero-order valence-corrected chi connectivity index (χ0v) is 22.6. The Morgan fingerprint density at radius 3 is 2.56 bits per heavy atom. The number of ketones is 2. The van der Waals surface area contributed by atoms with Crippen molar-refractivity contribution in [3.8, 4) is 17.2 Å². The number of aliphatic hydroxyl groups excluding tert-OH is 1. The summed E-state index contributed by atoms with van der Waals surface area (Å²) in [5.41, 5.74) is 5.48. The summed E-state index contributed by atoms with van der Waals surface area (Å²) < 4.78 is 17.3. The van der Waals surface area contributed by atoms with Gasteiger partial charge in [-0.25, -0.2) is 5.43 Å². The van der Waals surface area contributed by atoms with Crippen molar-refractivity contribution in [2.45, 2.75) is 69.4 Å². The third-order valence-electron chi connectivity index (χ3n) is 8.10. The SMILES string of the molecule is COc1cccc2c1C(=O)c1c(O)c3c(c(O)c1C2=O)C[C@@](O)(/C(C)=N\NC=O)C[C@H]3O[C@H]1C[C@@H](N)[C@@H](O)[C@@H](C)O1. The van der Waals surface area contributed by atoms with E-state index in [-0.39, 0.29) is 53.0 Å². The van der Waals surface area contributed by atoms with Crippen LogP contribution in [0, 0.1) is 0 Å². The molecule has 2 aromatic rings. The molecule has 13 heteroatoms. The number of phenolic OH excluding ortho intramolecular Hbond substituents is 2. The standard InChI is InChI=1S/C28H31N3O10/c1-11-23(33)15(29)7-18(40-11)41-17-9-28(38,12(2)31-30-10-32)8-14-20(17)27(37)22-21(25(14)35)24(34)13-5-4-6-16(39-3)19(13)26(22)36/h4-6,10-11,15,17-18,23,33,35,37-38H,7-9,29H2,1-3H3,(H,30,32)/b31-12-/t11-,15-,17-,18+,23+,28+/m1/s1. The summed E-state index contributed by atoms with van der Waals surface area (Å²) >= 11 is 0. The van der Waals surface area contributed by atoms with Crippen LogP contribution in [0.5, 0.6) is 17.2 Å². The van der Waals surface area contributed by atoms with Crippen LogP contribution in [0.3, 0.4) is 0 Å². The van der Waals surface area contributed by atoms with Crippen LogP contribution in [-0.2, 0) is 20.7 Å². The van der Waals surface area contributed by atoms with E-state index >= 15 is 0 Å². The summed E-state index contributed by atoms with van der Waals surface area (Å²) in [4.78, 5) is 38.2. The van der Waals surface area contributed by atoms with Gasteiger partial charge in [0.25, 0.3) is 0 Å². The number of nitrogens with two attached hydrogens (primary N) is 1. The average molecular weight is 570 g/mol. The molecule has 6 atom stereocenters. The van der Waals surface area contributed by atoms with Crippen molar-refractivity contribution >= 4 is 23.7 Å². The monoisotopic (exact) mass is 569 g/mol. The topological polar surface area (TPSA) is 210 Å². The third-order valence-corrected chi connectivity index (χ3v) is 8.10. The predicted molar refractivity (Wildman–Crippen MR) is 142 cm³/mol. The molecule has 1 fully saturated rings. The fraction of sp³-hybridized carbons (Fsp3) is 0.429. The summed E-state index contributed by atoms with van der Waals surface area (Å²) in [7, 11) is 1.34. The number of benzene rings is 2. The lowest BCUT2D eigenvalue weighted by molar-refractivity contribution is -0.245. The minimum absolute atomic E-state index is 0.0135. The van der Waals surface area contributed by atoms with Crippen LogP contribution >= 0.6 is 0 Å². The number of fused-ring (bicyclic) bond motifs is 3. The summed E-state index contributed by atoms with van der Waals surface area (Å²) in [6, 6.07) is 3.75. The van der Waals surface area contributed by atoms with Gasteiger partial charge in [0.2, 0.25) is 12.2 Å². The molecule has 1 aliphatic heterocycles. The largest absolute Gasteiger partial charge is 0.507 e. The molecule has 0 bridgehead atoms. The number of nitrogens with zero attached hydrogens (tertiary/aromatic N) is 1. The number of aliphatic hydroxyl groups is 2. The lowest BCUT2D eigenvalue weighted by Gasteiger charge is -2.42.